The molecular weight excluding hydrogens is 404 g/mol. The molecule has 0 aliphatic carbocycles. The first-order chi connectivity index (χ1) is 13.4. The molecule has 0 spiro atoms. The maximum Gasteiger partial charge on any atom is 0.263 e. The standard InChI is InChI=1S/C19H13F2N3O2S2/c20-13-6-8-15(9-7-13)24-19(12-17(22-24)18-5-2-10-27-18)23-28(25,26)16-4-1-3-14(21)11-16/h1-12,23H. The van der Waals surface area contributed by atoms with Crippen LogP contribution in [0.5, 0.6) is 0 Å². The van der Waals surface area contributed by atoms with Crippen molar-refractivity contribution in [2.75, 3.05) is 4.72 Å². The van der Waals surface area contributed by atoms with Crippen LogP contribution >= 0.6 is 11.3 Å². The summed E-state index contributed by atoms with van der Waals surface area (Å²) in [6.45, 7) is 0. The van der Waals surface area contributed by atoms with Gasteiger partial charge in [-0.3, -0.25) is 4.72 Å². The minimum absolute atomic E-state index is 0.152. The van der Waals surface area contributed by atoms with E-state index in [-0.39, 0.29) is 10.7 Å². The highest BCUT2D eigenvalue weighted by Crippen LogP contribution is 2.29. The average molecular weight is 417 g/mol. The van der Waals surface area contributed by atoms with Gasteiger partial charge in [-0.15, -0.1) is 11.3 Å². The number of thiophene rings is 1. The summed E-state index contributed by atoms with van der Waals surface area (Å²) in [6, 6.07) is 15.5. The second kappa shape index (κ2) is 7.17. The van der Waals surface area contributed by atoms with Crippen LogP contribution in [-0.4, -0.2) is 18.2 Å². The average Bonchev–Trinajstić information content (AvgIpc) is 3.32. The molecule has 4 aromatic rings. The molecule has 142 valence electrons. The quantitative estimate of drug-likeness (QED) is 0.513. The number of hydrogen-bond acceptors (Lipinski definition) is 4. The van der Waals surface area contributed by atoms with E-state index in [9.17, 15) is 17.2 Å². The van der Waals surface area contributed by atoms with E-state index in [1.165, 1.54) is 52.4 Å². The third-order valence-corrected chi connectivity index (χ3v) is 6.14. The van der Waals surface area contributed by atoms with Crippen molar-refractivity contribution in [2.45, 2.75) is 4.90 Å². The van der Waals surface area contributed by atoms with Gasteiger partial charge in [-0.05, 0) is 53.9 Å². The lowest BCUT2D eigenvalue weighted by Gasteiger charge is -2.10. The van der Waals surface area contributed by atoms with Crippen LogP contribution in [0.1, 0.15) is 0 Å². The number of nitrogens with one attached hydrogen (secondary N) is 1. The number of anilines is 1. The number of aromatic nitrogens is 2. The van der Waals surface area contributed by atoms with Crippen LogP contribution in [0.3, 0.4) is 0 Å². The van der Waals surface area contributed by atoms with Gasteiger partial charge >= 0.3 is 0 Å². The molecule has 1 N–H and O–H groups in total. The number of hydrogen-bond donors (Lipinski definition) is 1. The fraction of sp³-hybridized carbons (Fsp3) is 0. The molecule has 5 nitrogen and oxygen atoms in total. The van der Waals surface area contributed by atoms with E-state index < -0.39 is 21.7 Å². The Morgan fingerprint density at radius 1 is 0.929 bits per heavy atom. The molecule has 0 saturated carbocycles. The maximum absolute atomic E-state index is 13.5. The second-order valence-electron chi connectivity index (χ2n) is 5.84. The van der Waals surface area contributed by atoms with Crippen molar-refractivity contribution in [3.05, 3.63) is 83.7 Å². The van der Waals surface area contributed by atoms with Gasteiger partial charge < -0.3 is 0 Å². The van der Waals surface area contributed by atoms with E-state index >= 15 is 0 Å². The highest BCUT2D eigenvalue weighted by Gasteiger charge is 2.20. The van der Waals surface area contributed by atoms with Gasteiger partial charge in [-0.2, -0.15) is 5.10 Å². The molecule has 0 saturated heterocycles. The van der Waals surface area contributed by atoms with E-state index in [1.807, 2.05) is 17.5 Å². The normalized spacial score (nSPS) is 11.5. The second-order valence-corrected chi connectivity index (χ2v) is 8.47. The molecule has 0 bridgehead atoms. The van der Waals surface area contributed by atoms with Crippen LogP contribution in [0.15, 0.2) is 77.0 Å². The number of sulfonamides is 1. The molecule has 0 atom stereocenters. The summed E-state index contributed by atoms with van der Waals surface area (Å²) >= 11 is 1.45. The van der Waals surface area contributed by atoms with E-state index in [0.717, 1.165) is 17.0 Å². The lowest BCUT2D eigenvalue weighted by Crippen LogP contribution is -2.16. The Morgan fingerprint density at radius 3 is 2.39 bits per heavy atom. The minimum Gasteiger partial charge on any atom is -0.263 e. The van der Waals surface area contributed by atoms with Crippen molar-refractivity contribution in [2.24, 2.45) is 0 Å². The number of rotatable bonds is 5. The highest BCUT2D eigenvalue weighted by molar-refractivity contribution is 7.92. The molecule has 2 heterocycles. The predicted molar refractivity (Wildman–Crippen MR) is 104 cm³/mol. The maximum atomic E-state index is 13.5. The summed E-state index contributed by atoms with van der Waals surface area (Å²) in [5, 5.41) is 6.33. The molecule has 28 heavy (non-hydrogen) atoms. The molecule has 9 heteroatoms. The Bertz CT molecular complexity index is 1220. The Morgan fingerprint density at radius 2 is 1.71 bits per heavy atom. The van der Waals surface area contributed by atoms with Gasteiger partial charge in [0.05, 0.1) is 15.5 Å². The zero-order valence-electron chi connectivity index (χ0n) is 14.2. The lowest BCUT2D eigenvalue weighted by molar-refractivity contribution is 0.595. The molecule has 0 unspecified atom stereocenters. The number of benzene rings is 2. The first-order valence-electron chi connectivity index (χ1n) is 8.11. The van der Waals surface area contributed by atoms with Crippen LogP contribution in [0.2, 0.25) is 0 Å². The Balaban J connectivity index is 1.80. The monoisotopic (exact) mass is 417 g/mol. The molecule has 0 fully saturated rings. The topological polar surface area (TPSA) is 64.0 Å². The summed E-state index contributed by atoms with van der Waals surface area (Å²) in [4.78, 5) is 0.629. The van der Waals surface area contributed by atoms with Crippen LogP contribution in [0.4, 0.5) is 14.6 Å². The molecule has 0 aliphatic rings. The van der Waals surface area contributed by atoms with E-state index in [4.69, 9.17) is 0 Å². The zero-order chi connectivity index (χ0) is 19.7. The van der Waals surface area contributed by atoms with Gasteiger partial charge in [0, 0.05) is 6.07 Å². The summed E-state index contributed by atoms with van der Waals surface area (Å²) in [7, 11) is -4.05. The fourth-order valence-electron chi connectivity index (χ4n) is 2.61. The van der Waals surface area contributed by atoms with Gasteiger partial charge in [0.1, 0.15) is 23.1 Å². The Hall–Kier alpha value is -3.04. The predicted octanol–water partition coefficient (Wildman–Crippen LogP) is 4.68. The Labute approximate surface area is 163 Å². The fourth-order valence-corrected chi connectivity index (χ4v) is 4.35. The molecule has 2 aromatic carbocycles. The highest BCUT2D eigenvalue weighted by atomic mass is 32.2. The van der Waals surface area contributed by atoms with Crippen molar-refractivity contribution < 1.29 is 17.2 Å². The van der Waals surface area contributed by atoms with E-state index in [1.54, 1.807) is 6.07 Å². The zero-order valence-corrected chi connectivity index (χ0v) is 15.8. The summed E-state index contributed by atoms with van der Waals surface area (Å²) in [5.41, 5.74) is 1.03. The smallest absolute Gasteiger partial charge is 0.263 e. The summed E-state index contributed by atoms with van der Waals surface area (Å²) in [6.07, 6.45) is 0. The minimum atomic E-state index is -4.05. The largest absolute Gasteiger partial charge is 0.263 e. The first-order valence-corrected chi connectivity index (χ1v) is 10.5. The first kappa shape index (κ1) is 18.3. The van der Waals surface area contributed by atoms with Gasteiger partial charge in [0.15, 0.2) is 0 Å². The molecular formula is C19H13F2N3O2S2. The van der Waals surface area contributed by atoms with Crippen LogP contribution in [0.25, 0.3) is 16.3 Å². The number of nitrogens with zero attached hydrogens (tertiary/aromatic N) is 2. The third kappa shape index (κ3) is 3.67. The van der Waals surface area contributed by atoms with Gasteiger partial charge in [-0.25, -0.2) is 21.9 Å². The Kier molecular flexibility index (Phi) is 4.70. The van der Waals surface area contributed by atoms with Gasteiger partial charge in [0.25, 0.3) is 10.0 Å². The lowest BCUT2D eigenvalue weighted by atomic mass is 10.3. The van der Waals surface area contributed by atoms with Crippen molar-refractivity contribution in [3.8, 4) is 16.3 Å². The summed E-state index contributed by atoms with van der Waals surface area (Å²) in [5.74, 6) is -0.926. The van der Waals surface area contributed by atoms with Gasteiger partial charge in [0.2, 0.25) is 0 Å². The van der Waals surface area contributed by atoms with Crippen LogP contribution in [0, 0.1) is 11.6 Å². The van der Waals surface area contributed by atoms with Crippen molar-refractivity contribution >= 4 is 27.2 Å². The van der Waals surface area contributed by atoms with Crippen molar-refractivity contribution in [1.82, 2.24) is 9.78 Å². The van der Waals surface area contributed by atoms with E-state index in [2.05, 4.69) is 9.82 Å². The SMILES string of the molecule is O=S(=O)(Nc1cc(-c2cccs2)nn1-c1ccc(F)cc1)c1cccc(F)c1. The molecule has 4 rings (SSSR count). The van der Waals surface area contributed by atoms with E-state index in [0.29, 0.717) is 11.4 Å². The van der Waals surface area contributed by atoms with Gasteiger partial charge in [-0.1, -0.05) is 12.1 Å². The van der Waals surface area contributed by atoms with Crippen molar-refractivity contribution in [3.63, 3.8) is 0 Å². The summed E-state index contributed by atoms with van der Waals surface area (Å²) < 4.78 is 56.0. The number of halogens is 2. The third-order valence-electron chi connectivity index (χ3n) is 3.90. The molecule has 0 aliphatic heterocycles. The van der Waals surface area contributed by atoms with Crippen LogP contribution in [-0.2, 0) is 10.0 Å². The van der Waals surface area contributed by atoms with Crippen LogP contribution < -0.4 is 4.72 Å². The molecule has 0 amide bonds. The molecule has 0 radical (unpaired) electrons. The molecule has 2 aromatic heterocycles. The van der Waals surface area contributed by atoms with Crippen molar-refractivity contribution in [1.29, 1.82) is 0 Å².